The van der Waals surface area contributed by atoms with Gasteiger partial charge in [-0.3, -0.25) is 0 Å². The lowest BCUT2D eigenvalue weighted by molar-refractivity contribution is 0.0713. The number of likely N-dealkylation sites (N-methyl/N-ethyl adjacent to an activating group) is 1. The molecule has 2 heteroatoms. The summed E-state index contributed by atoms with van der Waals surface area (Å²) in [6, 6.07) is 9.02. The molecule has 0 radical (unpaired) electrons. The quantitative estimate of drug-likeness (QED) is 0.897. The fraction of sp³-hybridized carbons (Fsp3) is 0.647. The van der Waals surface area contributed by atoms with Gasteiger partial charge in [-0.05, 0) is 44.5 Å². The lowest BCUT2D eigenvalue weighted by Crippen LogP contribution is -2.53. The molecule has 2 N–H and O–H groups in total. The normalized spacial score (nSPS) is 20.5. The highest BCUT2D eigenvalue weighted by Crippen LogP contribution is 2.40. The van der Waals surface area contributed by atoms with Crippen molar-refractivity contribution in [1.82, 2.24) is 4.90 Å². The molecule has 0 spiro atoms. The van der Waals surface area contributed by atoms with Crippen molar-refractivity contribution in [2.45, 2.75) is 57.0 Å². The number of nitrogens with zero attached hydrogens (tertiary/aromatic N) is 1. The monoisotopic (exact) mass is 260 g/mol. The Balaban J connectivity index is 2.25. The van der Waals surface area contributed by atoms with Gasteiger partial charge in [0.15, 0.2) is 0 Å². The van der Waals surface area contributed by atoms with Gasteiger partial charge in [-0.1, -0.05) is 50.5 Å². The van der Waals surface area contributed by atoms with Gasteiger partial charge in [0.05, 0.1) is 0 Å². The molecule has 0 bridgehead atoms. The molecule has 1 unspecified atom stereocenters. The van der Waals surface area contributed by atoms with Gasteiger partial charge in [0, 0.05) is 11.6 Å². The van der Waals surface area contributed by atoms with Crippen molar-refractivity contribution in [3.8, 4) is 0 Å². The van der Waals surface area contributed by atoms with Crippen LogP contribution in [-0.4, -0.2) is 24.5 Å². The first-order valence-corrected chi connectivity index (χ1v) is 7.62. The number of aryl methyl sites for hydroxylation is 1. The zero-order chi connectivity index (χ0) is 13.9. The van der Waals surface area contributed by atoms with Gasteiger partial charge in [-0.25, -0.2) is 0 Å². The van der Waals surface area contributed by atoms with Crippen LogP contribution in [0.3, 0.4) is 0 Å². The van der Waals surface area contributed by atoms with Crippen LogP contribution in [0.15, 0.2) is 24.3 Å². The minimum atomic E-state index is 0.119. The van der Waals surface area contributed by atoms with E-state index in [1.807, 2.05) is 0 Å². The van der Waals surface area contributed by atoms with Crippen LogP contribution < -0.4 is 5.73 Å². The third kappa shape index (κ3) is 2.85. The predicted molar refractivity (Wildman–Crippen MR) is 82.3 cm³/mol. The van der Waals surface area contributed by atoms with Crippen molar-refractivity contribution in [2.24, 2.45) is 5.73 Å². The van der Waals surface area contributed by atoms with Crippen molar-refractivity contribution in [2.75, 3.05) is 14.1 Å². The topological polar surface area (TPSA) is 29.3 Å². The van der Waals surface area contributed by atoms with E-state index in [-0.39, 0.29) is 11.6 Å². The zero-order valence-electron chi connectivity index (χ0n) is 12.7. The summed E-state index contributed by atoms with van der Waals surface area (Å²) in [4.78, 5) is 2.37. The Kier molecular flexibility index (Phi) is 4.64. The van der Waals surface area contributed by atoms with Gasteiger partial charge in [-0.15, -0.1) is 0 Å². The zero-order valence-corrected chi connectivity index (χ0v) is 12.7. The Morgan fingerprint density at radius 2 is 1.68 bits per heavy atom. The first-order chi connectivity index (χ1) is 9.10. The predicted octanol–water partition coefficient (Wildman–Crippen LogP) is 3.51. The first kappa shape index (κ1) is 14.5. The molecule has 1 aliphatic rings. The molecule has 1 aromatic carbocycles. The Labute approximate surface area is 118 Å². The van der Waals surface area contributed by atoms with E-state index >= 15 is 0 Å². The maximum absolute atomic E-state index is 6.66. The fourth-order valence-corrected chi connectivity index (χ4v) is 3.47. The van der Waals surface area contributed by atoms with E-state index in [0.29, 0.717) is 0 Å². The van der Waals surface area contributed by atoms with Crippen LogP contribution in [0.5, 0.6) is 0 Å². The largest absolute Gasteiger partial charge is 0.322 e. The summed E-state index contributed by atoms with van der Waals surface area (Å²) in [7, 11) is 4.37. The lowest BCUT2D eigenvalue weighted by atomic mass is 9.73. The molecule has 0 heterocycles. The molecule has 1 saturated carbocycles. The van der Waals surface area contributed by atoms with Gasteiger partial charge in [0.25, 0.3) is 0 Å². The maximum Gasteiger partial charge on any atom is 0.0481 e. The minimum Gasteiger partial charge on any atom is -0.322 e. The molecule has 0 saturated heterocycles. The summed E-state index contributed by atoms with van der Waals surface area (Å²) < 4.78 is 0. The Morgan fingerprint density at radius 3 is 2.16 bits per heavy atom. The highest BCUT2D eigenvalue weighted by Gasteiger charge is 2.40. The molecule has 1 fully saturated rings. The summed E-state index contributed by atoms with van der Waals surface area (Å²) in [6.07, 6.45) is 7.50. The Bertz CT molecular complexity index is 388. The second-order valence-electron chi connectivity index (χ2n) is 6.13. The maximum atomic E-state index is 6.66. The molecular weight excluding hydrogens is 232 g/mol. The van der Waals surface area contributed by atoms with Crippen molar-refractivity contribution in [3.05, 3.63) is 35.4 Å². The first-order valence-electron chi connectivity index (χ1n) is 7.62. The van der Waals surface area contributed by atoms with Crippen LogP contribution in [0.2, 0.25) is 0 Å². The van der Waals surface area contributed by atoms with Gasteiger partial charge in [0.2, 0.25) is 0 Å². The summed E-state index contributed by atoms with van der Waals surface area (Å²) in [6.45, 7) is 2.19. The Morgan fingerprint density at radius 1 is 1.11 bits per heavy atom. The molecule has 0 aromatic heterocycles. The van der Waals surface area contributed by atoms with E-state index in [0.717, 1.165) is 6.42 Å². The van der Waals surface area contributed by atoms with Crippen LogP contribution in [0, 0.1) is 0 Å². The van der Waals surface area contributed by atoms with Gasteiger partial charge < -0.3 is 10.6 Å². The van der Waals surface area contributed by atoms with Crippen LogP contribution in [0.4, 0.5) is 0 Å². The van der Waals surface area contributed by atoms with Crippen LogP contribution in [-0.2, 0) is 6.42 Å². The molecule has 1 aliphatic carbocycles. The standard InChI is InChI=1S/C17H28N2/c1-4-14-8-10-15(11-9-14)16(18)17(19(2)3)12-6-5-7-13-17/h8-11,16H,4-7,12-13,18H2,1-3H3. The van der Waals surface area contributed by atoms with Gasteiger partial charge in [0.1, 0.15) is 0 Å². The van der Waals surface area contributed by atoms with E-state index in [9.17, 15) is 0 Å². The van der Waals surface area contributed by atoms with Gasteiger partial charge >= 0.3 is 0 Å². The number of benzene rings is 1. The molecule has 0 aliphatic heterocycles. The lowest BCUT2D eigenvalue weighted by Gasteiger charge is -2.47. The van der Waals surface area contributed by atoms with E-state index in [1.165, 1.54) is 43.2 Å². The third-order valence-corrected chi connectivity index (χ3v) is 4.94. The van der Waals surface area contributed by atoms with E-state index in [4.69, 9.17) is 5.73 Å². The molecule has 0 amide bonds. The third-order valence-electron chi connectivity index (χ3n) is 4.94. The van der Waals surface area contributed by atoms with Crippen LogP contribution >= 0.6 is 0 Å². The van der Waals surface area contributed by atoms with Gasteiger partial charge in [-0.2, -0.15) is 0 Å². The minimum absolute atomic E-state index is 0.119. The average Bonchev–Trinajstić information content (AvgIpc) is 2.47. The van der Waals surface area contributed by atoms with Crippen LogP contribution in [0.1, 0.15) is 56.2 Å². The molecule has 2 nitrogen and oxygen atoms in total. The second kappa shape index (κ2) is 6.06. The summed E-state index contributed by atoms with van der Waals surface area (Å²) in [5.74, 6) is 0. The molecule has 19 heavy (non-hydrogen) atoms. The number of nitrogens with two attached hydrogens (primary N) is 1. The summed E-state index contributed by atoms with van der Waals surface area (Å²) in [5, 5.41) is 0. The van der Waals surface area contributed by atoms with E-state index < -0.39 is 0 Å². The Hall–Kier alpha value is -0.860. The average molecular weight is 260 g/mol. The molecule has 106 valence electrons. The molecular formula is C17H28N2. The number of hydrogen-bond acceptors (Lipinski definition) is 2. The smallest absolute Gasteiger partial charge is 0.0481 e. The van der Waals surface area contributed by atoms with Crippen molar-refractivity contribution in [3.63, 3.8) is 0 Å². The highest BCUT2D eigenvalue weighted by molar-refractivity contribution is 5.27. The van der Waals surface area contributed by atoms with E-state index in [2.05, 4.69) is 50.2 Å². The number of hydrogen-bond donors (Lipinski definition) is 1. The number of rotatable bonds is 4. The van der Waals surface area contributed by atoms with Crippen molar-refractivity contribution in [1.29, 1.82) is 0 Å². The van der Waals surface area contributed by atoms with Crippen molar-refractivity contribution < 1.29 is 0 Å². The SMILES string of the molecule is CCc1ccc(C(N)C2(N(C)C)CCCCC2)cc1. The highest BCUT2D eigenvalue weighted by atomic mass is 15.2. The van der Waals surface area contributed by atoms with Crippen molar-refractivity contribution >= 4 is 0 Å². The van der Waals surface area contributed by atoms with E-state index in [1.54, 1.807) is 0 Å². The second-order valence-corrected chi connectivity index (χ2v) is 6.13. The summed E-state index contributed by atoms with van der Waals surface area (Å²) in [5.41, 5.74) is 9.47. The molecule has 1 atom stereocenters. The fourth-order valence-electron chi connectivity index (χ4n) is 3.47. The summed E-state index contributed by atoms with van der Waals surface area (Å²) >= 11 is 0. The molecule has 1 aromatic rings. The van der Waals surface area contributed by atoms with Crippen LogP contribution in [0.25, 0.3) is 0 Å². The molecule has 2 rings (SSSR count).